The van der Waals surface area contributed by atoms with Gasteiger partial charge in [0.25, 0.3) is 0 Å². The number of unbranched alkanes of at least 4 members (excludes halogenated alkanes) is 15. The van der Waals surface area contributed by atoms with Gasteiger partial charge in [-0.05, 0) is 6.42 Å². The second-order valence-electron chi connectivity index (χ2n) is 7.25. The van der Waals surface area contributed by atoms with Gasteiger partial charge in [-0.25, -0.2) is 0 Å². The monoisotopic (exact) mass is 358 g/mol. The lowest BCUT2D eigenvalue weighted by molar-refractivity contribution is 0.0321. The number of aliphatic hydroxyl groups excluding tert-OH is 1. The van der Waals surface area contributed by atoms with Crippen molar-refractivity contribution in [1.82, 2.24) is 0 Å². The maximum atomic E-state index is 8.56. The highest BCUT2D eigenvalue weighted by atomic mass is 16.5. The molecule has 0 unspecified atom stereocenters. The zero-order chi connectivity index (χ0) is 18.3. The molecule has 0 rings (SSSR count). The van der Waals surface area contributed by atoms with Crippen LogP contribution < -0.4 is 0 Å². The van der Waals surface area contributed by atoms with E-state index in [0.717, 1.165) is 13.0 Å². The van der Waals surface area contributed by atoms with Crippen molar-refractivity contribution in [2.75, 3.05) is 33.0 Å². The maximum absolute atomic E-state index is 8.56. The first-order valence-electron chi connectivity index (χ1n) is 11.2. The average Bonchev–Trinajstić information content (AvgIpc) is 2.63. The van der Waals surface area contributed by atoms with E-state index in [1.165, 1.54) is 96.3 Å². The first kappa shape index (κ1) is 24.9. The van der Waals surface area contributed by atoms with Crippen LogP contribution in [0.15, 0.2) is 0 Å². The molecule has 0 saturated heterocycles. The molecule has 0 bridgehead atoms. The molecule has 0 aliphatic heterocycles. The summed E-state index contributed by atoms with van der Waals surface area (Å²) in [6.45, 7) is 4.90. The van der Waals surface area contributed by atoms with Gasteiger partial charge in [-0.3, -0.25) is 0 Å². The highest BCUT2D eigenvalue weighted by Gasteiger charge is 1.95. The Hall–Kier alpha value is -0.120. The zero-order valence-corrected chi connectivity index (χ0v) is 17.1. The fraction of sp³-hybridized carbons (Fsp3) is 1.00. The molecule has 0 amide bonds. The van der Waals surface area contributed by atoms with Crippen molar-refractivity contribution in [1.29, 1.82) is 0 Å². The minimum absolute atomic E-state index is 0.0964. The Morgan fingerprint density at radius 3 is 1.20 bits per heavy atom. The van der Waals surface area contributed by atoms with Gasteiger partial charge in [0.15, 0.2) is 0 Å². The van der Waals surface area contributed by atoms with Gasteiger partial charge in [0, 0.05) is 6.61 Å². The van der Waals surface area contributed by atoms with E-state index in [1.54, 1.807) is 0 Å². The molecule has 1 N–H and O–H groups in total. The average molecular weight is 359 g/mol. The number of ether oxygens (including phenoxy) is 2. The summed E-state index contributed by atoms with van der Waals surface area (Å²) in [6, 6.07) is 0. The van der Waals surface area contributed by atoms with Crippen LogP contribution in [0.1, 0.15) is 110 Å². The highest BCUT2D eigenvalue weighted by Crippen LogP contribution is 2.13. The topological polar surface area (TPSA) is 38.7 Å². The molecule has 0 aromatic heterocycles. The summed E-state index contributed by atoms with van der Waals surface area (Å²) < 4.78 is 10.6. The van der Waals surface area contributed by atoms with Gasteiger partial charge < -0.3 is 14.6 Å². The minimum atomic E-state index is 0.0964. The lowest BCUT2D eigenvalue weighted by atomic mass is 10.0. The van der Waals surface area contributed by atoms with Crippen LogP contribution in [0.25, 0.3) is 0 Å². The largest absolute Gasteiger partial charge is 0.394 e. The van der Waals surface area contributed by atoms with E-state index >= 15 is 0 Å². The fourth-order valence-electron chi connectivity index (χ4n) is 3.14. The molecular weight excluding hydrogens is 312 g/mol. The number of aliphatic hydroxyl groups is 1. The second-order valence-corrected chi connectivity index (χ2v) is 7.25. The molecule has 0 atom stereocenters. The van der Waals surface area contributed by atoms with E-state index in [2.05, 4.69) is 6.92 Å². The number of hydrogen-bond acceptors (Lipinski definition) is 3. The van der Waals surface area contributed by atoms with Gasteiger partial charge in [0.1, 0.15) is 0 Å². The quantitative estimate of drug-likeness (QED) is 0.232. The summed E-state index contributed by atoms with van der Waals surface area (Å²) in [5.74, 6) is 0. The van der Waals surface area contributed by atoms with E-state index in [9.17, 15) is 0 Å². The molecule has 0 radical (unpaired) electrons. The van der Waals surface area contributed by atoms with Crippen molar-refractivity contribution < 1.29 is 14.6 Å². The Labute approximate surface area is 157 Å². The van der Waals surface area contributed by atoms with Crippen LogP contribution in [0, 0.1) is 0 Å². The number of hydrogen-bond donors (Lipinski definition) is 1. The Balaban J connectivity index is 2.94. The summed E-state index contributed by atoms with van der Waals surface area (Å²) in [6.07, 6.45) is 22.4. The molecule has 0 aliphatic rings. The standard InChI is InChI=1S/C22H46O3/c1-2-3-4-5-6-7-8-9-10-11-12-13-14-15-16-17-19-24-21-22-25-20-18-23/h23H,2-22H2,1H3. The summed E-state index contributed by atoms with van der Waals surface area (Å²) in [5, 5.41) is 8.56. The molecule has 0 saturated carbocycles. The predicted octanol–water partition coefficient (Wildman–Crippen LogP) is 6.27. The Morgan fingerprint density at radius 1 is 0.440 bits per heavy atom. The van der Waals surface area contributed by atoms with Crippen LogP contribution in [-0.4, -0.2) is 38.1 Å². The van der Waals surface area contributed by atoms with E-state index in [1.807, 2.05) is 0 Å². The van der Waals surface area contributed by atoms with Gasteiger partial charge in [0.05, 0.1) is 26.4 Å². The van der Waals surface area contributed by atoms with Gasteiger partial charge in [-0.2, -0.15) is 0 Å². The fourth-order valence-corrected chi connectivity index (χ4v) is 3.14. The third-order valence-corrected chi connectivity index (χ3v) is 4.75. The summed E-state index contributed by atoms with van der Waals surface area (Å²) in [7, 11) is 0. The third-order valence-electron chi connectivity index (χ3n) is 4.75. The molecule has 0 aromatic carbocycles. The Kier molecular flexibility index (Phi) is 23.8. The van der Waals surface area contributed by atoms with Crippen LogP contribution >= 0.6 is 0 Å². The predicted molar refractivity (Wildman–Crippen MR) is 108 cm³/mol. The van der Waals surface area contributed by atoms with Crippen molar-refractivity contribution in [3.8, 4) is 0 Å². The molecule has 3 heteroatoms. The Bertz CT molecular complexity index is 199. The highest BCUT2D eigenvalue weighted by molar-refractivity contribution is 4.50. The van der Waals surface area contributed by atoms with Crippen LogP contribution in [0.3, 0.4) is 0 Å². The van der Waals surface area contributed by atoms with E-state index < -0.39 is 0 Å². The van der Waals surface area contributed by atoms with Crippen LogP contribution in [0.5, 0.6) is 0 Å². The first-order valence-corrected chi connectivity index (χ1v) is 11.2. The van der Waals surface area contributed by atoms with Crippen LogP contribution in [0.2, 0.25) is 0 Å². The third kappa shape index (κ3) is 23.9. The smallest absolute Gasteiger partial charge is 0.0701 e. The normalized spacial score (nSPS) is 11.3. The molecule has 0 aliphatic carbocycles. The molecule has 0 spiro atoms. The lowest BCUT2D eigenvalue weighted by Gasteiger charge is -2.05. The van der Waals surface area contributed by atoms with Crippen molar-refractivity contribution in [3.05, 3.63) is 0 Å². The zero-order valence-electron chi connectivity index (χ0n) is 17.1. The Morgan fingerprint density at radius 2 is 0.800 bits per heavy atom. The second kappa shape index (κ2) is 23.9. The SMILES string of the molecule is CCCCCCCCCCCCCCCCCCOCCOCCO. The summed E-state index contributed by atoms with van der Waals surface area (Å²) in [4.78, 5) is 0. The van der Waals surface area contributed by atoms with Gasteiger partial charge in [-0.15, -0.1) is 0 Å². The molecule has 25 heavy (non-hydrogen) atoms. The van der Waals surface area contributed by atoms with Crippen LogP contribution in [0.4, 0.5) is 0 Å². The van der Waals surface area contributed by atoms with E-state index in [-0.39, 0.29) is 6.61 Å². The molecular formula is C22H46O3. The lowest BCUT2D eigenvalue weighted by Crippen LogP contribution is -2.07. The van der Waals surface area contributed by atoms with Crippen molar-refractivity contribution in [2.45, 2.75) is 110 Å². The van der Waals surface area contributed by atoms with E-state index in [0.29, 0.717) is 19.8 Å². The maximum Gasteiger partial charge on any atom is 0.0701 e. The van der Waals surface area contributed by atoms with Gasteiger partial charge >= 0.3 is 0 Å². The minimum Gasteiger partial charge on any atom is -0.394 e. The van der Waals surface area contributed by atoms with Crippen molar-refractivity contribution in [3.63, 3.8) is 0 Å². The molecule has 0 fully saturated rings. The van der Waals surface area contributed by atoms with Gasteiger partial charge in [-0.1, -0.05) is 103 Å². The molecule has 3 nitrogen and oxygen atoms in total. The molecule has 152 valence electrons. The van der Waals surface area contributed by atoms with Gasteiger partial charge in [0.2, 0.25) is 0 Å². The summed E-state index contributed by atoms with van der Waals surface area (Å²) in [5.41, 5.74) is 0. The molecule has 0 aromatic rings. The van der Waals surface area contributed by atoms with Crippen molar-refractivity contribution >= 4 is 0 Å². The van der Waals surface area contributed by atoms with Crippen LogP contribution in [-0.2, 0) is 9.47 Å². The van der Waals surface area contributed by atoms with E-state index in [4.69, 9.17) is 14.6 Å². The molecule has 0 heterocycles. The summed E-state index contributed by atoms with van der Waals surface area (Å²) >= 11 is 0. The number of rotatable bonds is 22. The first-order chi connectivity index (χ1) is 12.4. The van der Waals surface area contributed by atoms with Crippen molar-refractivity contribution in [2.24, 2.45) is 0 Å².